The zero-order valence-corrected chi connectivity index (χ0v) is 11.9. The van der Waals surface area contributed by atoms with Crippen LogP contribution in [0.1, 0.15) is 33.9 Å². The molecule has 2 aromatic carbocycles. The summed E-state index contributed by atoms with van der Waals surface area (Å²) in [4.78, 5) is 11.0. The fourth-order valence-corrected chi connectivity index (χ4v) is 2.30. The van der Waals surface area contributed by atoms with E-state index in [9.17, 15) is 4.79 Å². The molecule has 3 heteroatoms. The van der Waals surface area contributed by atoms with Crippen LogP contribution in [0.4, 0.5) is 4.79 Å². The molecule has 2 aromatic rings. The molecule has 1 unspecified atom stereocenters. The van der Waals surface area contributed by atoms with Crippen molar-refractivity contribution >= 4 is 6.16 Å². The van der Waals surface area contributed by atoms with Gasteiger partial charge in [0.1, 0.15) is 0 Å². The summed E-state index contributed by atoms with van der Waals surface area (Å²) in [7, 11) is 0. The second kappa shape index (κ2) is 5.78. The smallest absolute Gasteiger partial charge is 0.450 e. The van der Waals surface area contributed by atoms with Crippen molar-refractivity contribution in [2.24, 2.45) is 0 Å². The molecule has 0 saturated heterocycles. The van der Waals surface area contributed by atoms with E-state index in [1.165, 1.54) is 5.56 Å². The van der Waals surface area contributed by atoms with Crippen molar-refractivity contribution in [2.75, 3.05) is 0 Å². The SMILES string of the molecule is Cc1ccc(C(OC(=O)O)c2ccccc2)c(C)c1C. The number of ether oxygens (including phenoxy) is 1. The summed E-state index contributed by atoms with van der Waals surface area (Å²) < 4.78 is 5.11. The number of hydrogen-bond donors (Lipinski definition) is 1. The molecular formula is C17H18O3. The number of benzene rings is 2. The van der Waals surface area contributed by atoms with Gasteiger partial charge in [-0.2, -0.15) is 0 Å². The minimum absolute atomic E-state index is 0.590. The minimum atomic E-state index is -1.27. The second-order valence-electron chi connectivity index (χ2n) is 4.90. The number of rotatable bonds is 3. The van der Waals surface area contributed by atoms with Crippen LogP contribution in [0.15, 0.2) is 42.5 Å². The summed E-state index contributed by atoms with van der Waals surface area (Å²) in [6.07, 6.45) is -1.86. The maximum Gasteiger partial charge on any atom is 0.506 e. The van der Waals surface area contributed by atoms with E-state index in [0.29, 0.717) is 0 Å². The summed E-state index contributed by atoms with van der Waals surface area (Å²) in [6.45, 7) is 6.08. The molecule has 104 valence electrons. The van der Waals surface area contributed by atoms with Gasteiger partial charge < -0.3 is 9.84 Å². The molecule has 0 aliphatic rings. The molecule has 0 aromatic heterocycles. The highest BCUT2D eigenvalue weighted by Crippen LogP contribution is 2.31. The van der Waals surface area contributed by atoms with Crippen LogP contribution < -0.4 is 0 Å². The van der Waals surface area contributed by atoms with Gasteiger partial charge in [0.05, 0.1) is 0 Å². The maximum absolute atomic E-state index is 11.0. The molecule has 0 fully saturated rings. The molecule has 1 atom stereocenters. The lowest BCUT2D eigenvalue weighted by Crippen LogP contribution is -2.12. The molecule has 0 amide bonds. The van der Waals surface area contributed by atoms with Crippen molar-refractivity contribution in [3.05, 3.63) is 70.3 Å². The molecule has 0 aliphatic heterocycles. The lowest BCUT2D eigenvalue weighted by Gasteiger charge is -2.20. The Balaban J connectivity index is 2.53. The Bertz CT molecular complexity index is 618. The van der Waals surface area contributed by atoms with Crippen LogP contribution in [0.5, 0.6) is 0 Å². The van der Waals surface area contributed by atoms with Gasteiger partial charge in [-0.3, -0.25) is 0 Å². The predicted molar refractivity (Wildman–Crippen MR) is 78.0 cm³/mol. The summed E-state index contributed by atoms with van der Waals surface area (Å²) in [5.74, 6) is 0. The van der Waals surface area contributed by atoms with Gasteiger partial charge in [0, 0.05) is 5.56 Å². The Morgan fingerprint density at radius 3 is 2.25 bits per heavy atom. The number of carboxylic acid groups (broad SMARTS) is 1. The lowest BCUT2D eigenvalue weighted by atomic mass is 9.92. The van der Waals surface area contributed by atoms with E-state index in [2.05, 4.69) is 0 Å². The highest BCUT2D eigenvalue weighted by Gasteiger charge is 2.21. The first-order valence-electron chi connectivity index (χ1n) is 6.52. The molecule has 0 heterocycles. The van der Waals surface area contributed by atoms with Gasteiger partial charge in [0.15, 0.2) is 6.10 Å². The van der Waals surface area contributed by atoms with Crippen LogP contribution in [-0.2, 0) is 4.74 Å². The van der Waals surface area contributed by atoms with Gasteiger partial charge in [-0.15, -0.1) is 0 Å². The Morgan fingerprint density at radius 2 is 1.65 bits per heavy atom. The van der Waals surface area contributed by atoms with Crippen molar-refractivity contribution in [1.82, 2.24) is 0 Å². The molecule has 0 aliphatic carbocycles. The fraction of sp³-hybridized carbons (Fsp3) is 0.235. The van der Waals surface area contributed by atoms with Crippen LogP contribution in [0.3, 0.4) is 0 Å². The van der Waals surface area contributed by atoms with E-state index >= 15 is 0 Å². The average Bonchev–Trinajstić information content (AvgIpc) is 2.44. The molecule has 0 spiro atoms. The largest absolute Gasteiger partial charge is 0.506 e. The zero-order valence-electron chi connectivity index (χ0n) is 11.9. The lowest BCUT2D eigenvalue weighted by molar-refractivity contribution is 0.0661. The first kappa shape index (κ1) is 14.1. The van der Waals surface area contributed by atoms with Crippen molar-refractivity contribution in [2.45, 2.75) is 26.9 Å². The fourth-order valence-electron chi connectivity index (χ4n) is 2.30. The third-order valence-corrected chi connectivity index (χ3v) is 3.70. The molecule has 0 saturated carbocycles. The summed E-state index contributed by atoms with van der Waals surface area (Å²) >= 11 is 0. The van der Waals surface area contributed by atoms with Crippen molar-refractivity contribution < 1.29 is 14.6 Å². The van der Waals surface area contributed by atoms with Crippen LogP contribution in [0.25, 0.3) is 0 Å². The van der Waals surface area contributed by atoms with Gasteiger partial charge in [0.2, 0.25) is 0 Å². The molecular weight excluding hydrogens is 252 g/mol. The number of aryl methyl sites for hydroxylation is 1. The van der Waals surface area contributed by atoms with E-state index in [1.807, 2.05) is 63.2 Å². The quantitative estimate of drug-likeness (QED) is 0.841. The number of carbonyl (C=O) groups is 1. The topological polar surface area (TPSA) is 46.5 Å². The summed E-state index contributed by atoms with van der Waals surface area (Å²) in [5.41, 5.74) is 5.15. The average molecular weight is 270 g/mol. The first-order valence-corrected chi connectivity index (χ1v) is 6.52. The molecule has 1 N–H and O–H groups in total. The molecule has 20 heavy (non-hydrogen) atoms. The Kier molecular flexibility index (Phi) is 4.08. The van der Waals surface area contributed by atoms with Gasteiger partial charge in [0.25, 0.3) is 0 Å². The van der Waals surface area contributed by atoms with E-state index in [1.54, 1.807) is 0 Å². The summed E-state index contributed by atoms with van der Waals surface area (Å²) in [5, 5.41) is 9.00. The van der Waals surface area contributed by atoms with Gasteiger partial charge >= 0.3 is 6.16 Å². The third-order valence-electron chi connectivity index (χ3n) is 3.70. The predicted octanol–water partition coefficient (Wildman–Crippen LogP) is 4.40. The maximum atomic E-state index is 11.0. The van der Waals surface area contributed by atoms with Gasteiger partial charge in [-0.25, -0.2) is 4.79 Å². The minimum Gasteiger partial charge on any atom is -0.450 e. The van der Waals surface area contributed by atoms with Crippen molar-refractivity contribution in [3.8, 4) is 0 Å². The molecule has 0 bridgehead atoms. The van der Waals surface area contributed by atoms with Gasteiger partial charge in [-0.1, -0.05) is 42.5 Å². The second-order valence-corrected chi connectivity index (χ2v) is 4.90. The Morgan fingerprint density at radius 1 is 1.00 bits per heavy atom. The molecule has 2 rings (SSSR count). The summed E-state index contributed by atoms with van der Waals surface area (Å²) in [6, 6.07) is 13.4. The Hall–Kier alpha value is -2.29. The van der Waals surface area contributed by atoms with E-state index < -0.39 is 12.3 Å². The van der Waals surface area contributed by atoms with Crippen molar-refractivity contribution in [1.29, 1.82) is 0 Å². The van der Waals surface area contributed by atoms with E-state index in [4.69, 9.17) is 9.84 Å². The molecule has 3 nitrogen and oxygen atoms in total. The highest BCUT2D eigenvalue weighted by atomic mass is 16.7. The third kappa shape index (κ3) is 2.82. The van der Waals surface area contributed by atoms with Crippen LogP contribution in [0.2, 0.25) is 0 Å². The van der Waals surface area contributed by atoms with Crippen LogP contribution in [-0.4, -0.2) is 11.3 Å². The van der Waals surface area contributed by atoms with Crippen molar-refractivity contribution in [3.63, 3.8) is 0 Å². The van der Waals surface area contributed by atoms with Crippen LogP contribution in [0, 0.1) is 20.8 Å². The molecule has 0 radical (unpaired) electrons. The van der Waals surface area contributed by atoms with E-state index in [-0.39, 0.29) is 0 Å². The van der Waals surface area contributed by atoms with Crippen LogP contribution >= 0.6 is 0 Å². The van der Waals surface area contributed by atoms with Gasteiger partial charge in [-0.05, 0) is 43.0 Å². The monoisotopic (exact) mass is 270 g/mol. The highest BCUT2D eigenvalue weighted by molar-refractivity contribution is 5.58. The zero-order chi connectivity index (χ0) is 14.7. The normalized spacial score (nSPS) is 11.9. The number of hydrogen-bond acceptors (Lipinski definition) is 2. The standard InChI is InChI=1S/C17H18O3/c1-11-9-10-15(13(3)12(11)2)16(20-17(18)19)14-7-5-4-6-8-14/h4-10,16H,1-3H3,(H,18,19). The Labute approximate surface area is 118 Å². The first-order chi connectivity index (χ1) is 9.50. The van der Waals surface area contributed by atoms with E-state index in [0.717, 1.165) is 22.3 Å².